The molecule has 0 unspecified atom stereocenters. The topological polar surface area (TPSA) is 47.6 Å². The van der Waals surface area contributed by atoms with E-state index in [0.29, 0.717) is 16.0 Å². The Labute approximate surface area is 192 Å². The van der Waals surface area contributed by atoms with Crippen molar-refractivity contribution in [1.29, 1.82) is 0 Å². The largest absolute Gasteiger partial charge is 0.493 e. The number of hydrogen-bond donors (Lipinski definition) is 0. The number of thioether (sulfide) groups is 1. The molecule has 1 aliphatic heterocycles. The summed E-state index contributed by atoms with van der Waals surface area (Å²) in [5.41, 5.74) is 2.26. The predicted molar refractivity (Wildman–Crippen MR) is 130 cm³/mol. The lowest BCUT2D eigenvalue weighted by Gasteiger charge is -2.13. The number of aromatic nitrogens is 2. The highest BCUT2D eigenvalue weighted by Crippen LogP contribution is 2.34. The molecule has 0 aliphatic carbocycles. The number of aryl methyl sites for hydroxylation is 1. The maximum absolute atomic E-state index is 12.8. The third kappa shape index (κ3) is 3.93. The molecule has 0 N–H and O–H groups in total. The summed E-state index contributed by atoms with van der Waals surface area (Å²) in [4.78, 5) is 14.9. The lowest BCUT2D eigenvalue weighted by molar-refractivity contribution is -0.642. The monoisotopic (exact) mass is 474 g/mol. The number of benzene rings is 1. The molecule has 0 atom stereocenters. The second kappa shape index (κ2) is 8.57. The lowest BCUT2D eigenvalue weighted by atomic mass is 10.3. The average Bonchev–Trinajstić information content (AvgIpc) is 3.35. The van der Waals surface area contributed by atoms with Crippen molar-refractivity contribution in [3.63, 3.8) is 0 Å². The first kappa shape index (κ1) is 21.7. The number of methoxy groups -OCH3 is 2. The van der Waals surface area contributed by atoms with Gasteiger partial charge < -0.3 is 18.9 Å². The summed E-state index contributed by atoms with van der Waals surface area (Å²) in [5.74, 6) is 1.40. The van der Waals surface area contributed by atoms with Gasteiger partial charge in [0.15, 0.2) is 11.5 Å². The van der Waals surface area contributed by atoms with Crippen molar-refractivity contribution in [2.45, 2.75) is 6.92 Å². The van der Waals surface area contributed by atoms with E-state index in [0.717, 1.165) is 24.9 Å². The molecule has 4 rings (SSSR count). The Kier molecular flexibility index (Phi) is 6.00. The fourth-order valence-electron chi connectivity index (χ4n) is 3.22. The molecule has 0 fully saturated rings. The quantitative estimate of drug-likeness (QED) is 0.544. The van der Waals surface area contributed by atoms with Crippen LogP contribution in [-0.2, 0) is 14.1 Å². The van der Waals surface area contributed by atoms with Crippen molar-refractivity contribution in [2.75, 3.05) is 21.3 Å². The molecular weight excluding hydrogens is 450 g/mol. The molecule has 0 radical (unpaired) electrons. The van der Waals surface area contributed by atoms with Gasteiger partial charge in [-0.1, -0.05) is 23.1 Å². The Hall–Kier alpha value is -2.49. The SMILES string of the molecule is COc1cc2sc(C=c3s/c(=C/C=C4/SC=C(C)N4C)c(=O)n3C)[n+](C)c2cc1OC. The molecule has 0 bridgehead atoms. The standard InChI is InChI=1S/C22H24N3O3S3/c1-13-12-29-19(23(13)2)8-7-17-22(26)25(4)21(30-17)11-20-24(3)14-9-15(27-5)16(28-6)10-18(14)31-20/h7-12H,1-6H3/q+1/b17-7+,19-8+. The number of thiazole rings is 2. The molecule has 6 nitrogen and oxygen atoms in total. The van der Waals surface area contributed by atoms with Gasteiger partial charge >= 0.3 is 0 Å². The van der Waals surface area contributed by atoms with E-state index in [1.54, 1.807) is 41.9 Å². The van der Waals surface area contributed by atoms with Gasteiger partial charge in [-0.25, -0.2) is 0 Å². The van der Waals surface area contributed by atoms with Crippen LogP contribution in [0.2, 0.25) is 0 Å². The van der Waals surface area contributed by atoms with Crippen molar-refractivity contribution in [3.05, 3.63) is 58.9 Å². The first-order chi connectivity index (χ1) is 14.8. The van der Waals surface area contributed by atoms with Crippen LogP contribution in [0.1, 0.15) is 11.9 Å². The predicted octanol–water partition coefficient (Wildman–Crippen LogP) is 2.49. The Bertz CT molecular complexity index is 1410. The number of ether oxygens (including phenoxy) is 2. The Morgan fingerprint density at radius 1 is 1.06 bits per heavy atom. The van der Waals surface area contributed by atoms with E-state index >= 15 is 0 Å². The summed E-state index contributed by atoms with van der Waals surface area (Å²) in [6.45, 7) is 2.07. The molecule has 1 aromatic carbocycles. The average molecular weight is 475 g/mol. The maximum Gasteiger partial charge on any atom is 0.268 e. The van der Waals surface area contributed by atoms with Crippen LogP contribution in [0.4, 0.5) is 0 Å². The van der Waals surface area contributed by atoms with Crippen LogP contribution in [0, 0.1) is 0 Å². The van der Waals surface area contributed by atoms with Crippen LogP contribution in [0.3, 0.4) is 0 Å². The van der Waals surface area contributed by atoms with Crippen molar-refractivity contribution >= 4 is 56.8 Å². The molecule has 9 heteroatoms. The Morgan fingerprint density at radius 2 is 1.77 bits per heavy atom. The van der Waals surface area contributed by atoms with Crippen molar-refractivity contribution in [2.24, 2.45) is 14.1 Å². The van der Waals surface area contributed by atoms with Crippen LogP contribution in [0.25, 0.3) is 22.4 Å². The first-order valence-electron chi connectivity index (χ1n) is 9.55. The molecule has 0 amide bonds. The van der Waals surface area contributed by atoms with Crippen LogP contribution in [0.15, 0.2) is 39.1 Å². The highest BCUT2D eigenvalue weighted by atomic mass is 32.2. The summed E-state index contributed by atoms with van der Waals surface area (Å²) in [5, 5.41) is 4.26. The van der Waals surface area contributed by atoms with Gasteiger partial charge in [-0.2, -0.15) is 4.57 Å². The van der Waals surface area contributed by atoms with Gasteiger partial charge in [-0.3, -0.25) is 4.79 Å². The van der Waals surface area contributed by atoms with Crippen molar-refractivity contribution in [3.8, 4) is 11.5 Å². The number of allylic oxidation sites excluding steroid dienone is 2. The number of hydrogen-bond acceptors (Lipinski definition) is 7. The van der Waals surface area contributed by atoms with Gasteiger partial charge in [0.05, 0.1) is 35.9 Å². The molecule has 0 saturated carbocycles. The zero-order valence-corrected chi connectivity index (χ0v) is 20.7. The third-order valence-electron chi connectivity index (χ3n) is 5.27. The summed E-state index contributed by atoms with van der Waals surface area (Å²) in [6.07, 6.45) is 5.98. The summed E-state index contributed by atoms with van der Waals surface area (Å²) >= 11 is 4.81. The maximum atomic E-state index is 12.8. The fraction of sp³-hybridized carbons (Fsp3) is 0.273. The van der Waals surface area contributed by atoms with Crippen LogP contribution >= 0.6 is 34.4 Å². The fourth-order valence-corrected chi connectivity index (χ4v) is 6.27. The van der Waals surface area contributed by atoms with E-state index in [2.05, 4.69) is 27.9 Å². The minimum atomic E-state index is 0.00975. The van der Waals surface area contributed by atoms with E-state index in [1.807, 2.05) is 45.4 Å². The van der Waals surface area contributed by atoms with Crippen molar-refractivity contribution in [1.82, 2.24) is 9.47 Å². The molecule has 3 heterocycles. The van der Waals surface area contributed by atoms with E-state index < -0.39 is 0 Å². The van der Waals surface area contributed by atoms with Gasteiger partial charge in [0.1, 0.15) is 16.4 Å². The lowest BCUT2D eigenvalue weighted by Crippen LogP contribution is -2.31. The van der Waals surface area contributed by atoms with Gasteiger partial charge in [0, 0.05) is 25.9 Å². The number of fused-ring (bicyclic) bond motifs is 1. The molecule has 1 aliphatic rings. The zero-order chi connectivity index (χ0) is 22.3. The van der Waals surface area contributed by atoms with Gasteiger partial charge in [-0.05, 0) is 24.5 Å². The molecular formula is C22H24N3O3S3+. The molecule has 31 heavy (non-hydrogen) atoms. The number of rotatable bonds is 4. The molecule has 2 aromatic heterocycles. The van der Waals surface area contributed by atoms with E-state index in [9.17, 15) is 4.79 Å². The second-order valence-corrected chi connectivity index (χ2v) is 10.1. The molecule has 162 valence electrons. The van der Waals surface area contributed by atoms with Crippen LogP contribution < -0.4 is 28.8 Å². The van der Waals surface area contributed by atoms with Crippen LogP contribution in [-0.4, -0.2) is 30.7 Å². The highest BCUT2D eigenvalue weighted by Gasteiger charge is 2.19. The van der Waals surface area contributed by atoms with Gasteiger partial charge in [0.2, 0.25) is 5.52 Å². The minimum absolute atomic E-state index is 0.00975. The highest BCUT2D eigenvalue weighted by molar-refractivity contribution is 8.06. The Morgan fingerprint density at radius 3 is 2.42 bits per heavy atom. The van der Waals surface area contributed by atoms with Gasteiger partial charge in [0.25, 0.3) is 10.6 Å². The van der Waals surface area contributed by atoms with Crippen molar-refractivity contribution < 1.29 is 14.0 Å². The summed E-state index contributed by atoms with van der Waals surface area (Å²) in [6, 6.07) is 3.97. The Balaban J connectivity index is 1.80. The summed E-state index contributed by atoms with van der Waals surface area (Å²) in [7, 11) is 9.14. The van der Waals surface area contributed by atoms with E-state index in [4.69, 9.17) is 9.47 Å². The van der Waals surface area contributed by atoms with E-state index in [-0.39, 0.29) is 5.56 Å². The smallest absolute Gasteiger partial charge is 0.268 e. The summed E-state index contributed by atoms with van der Waals surface area (Å²) < 4.78 is 17.4. The second-order valence-electron chi connectivity index (χ2n) is 7.09. The van der Waals surface area contributed by atoms with E-state index in [1.165, 1.54) is 17.0 Å². The normalized spacial score (nSPS) is 16.6. The first-order valence-corrected chi connectivity index (χ1v) is 12.1. The number of nitrogens with zero attached hydrogens (tertiary/aromatic N) is 3. The third-order valence-corrected chi connectivity index (χ3v) is 8.66. The zero-order valence-electron chi connectivity index (χ0n) is 18.3. The molecule has 3 aromatic rings. The van der Waals surface area contributed by atoms with Gasteiger partial charge in [-0.15, -0.1) is 11.3 Å². The van der Waals surface area contributed by atoms with Crippen LogP contribution in [0.5, 0.6) is 11.5 Å². The minimum Gasteiger partial charge on any atom is -0.493 e. The molecule has 0 spiro atoms. The molecule has 0 saturated heterocycles.